The van der Waals surface area contributed by atoms with Crippen LogP contribution in [0.25, 0.3) is 0 Å². The third kappa shape index (κ3) is 42.0. The van der Waals surface area contributed by atoms with Crippen molar-refractivity contribution in [3.05, 3.63) is 36.5 Å². The number of aliphatic hydroxyl groups excluding tert-OH is 3. The third-order valence-corrected chi connectivity index (χ3v) is 11.2. The summed E-state index contributed by atoms with van der Waals surface area (Å²) in [5.74, 6) is -0.323. The van der Waals surface area contributed by atoms with Crippen molar-refractivity contribution >= 4 is 5.91 Å². The van der Waals surface area contributed by atoms with Crippen molar-refractivity contribution in [2.45, 2.75) is 270 Å². The zero-order chi connectivity index (χ0) is 40.1. The Kier molecular flexibility index (Phi) is 44.1. The normalized spacial score (nSPS) is 13.8. The first-order valence-electron chi connectivity index (χ1n) is 24.3. The van der Waals surface area contributed by atoms with Crippen molar-refractivity contribution < 1.29 is 20.1 Å². The summed E-state index contributed by atoms with van der Waals surface area (Å²) in [5.41, 5.74) is 0. The number of aliphatic hydroxyl groups is 3. The maximum absolute atomic E-state index is 12.4. The van der Waals surface area contributed by atoms with Gasteiger partial charge in [0, 0.05) is 0 Å². The highest BCUT2D eigenvalue weighted by molar-refractivity contribution is 5.76. The van der Waals surface area contributed by atoms with Gasteiger partial charge in [-0.2, -0.15) is 0 Å². The molecule has 324 valence electrons. The molecule has 55 heavy (non-hydrogen) atoms. The fourth-order valence-corrected chi connectivity index (χ4v) is 7.43. The van der Waals surface area contributed by atoms with Crippen LogP contribution in [0.15, 0.2) is 36.5 Å². The summed E-state index contributed by atoms with van der Waals surface area (Å²) in [7, 11) is 0. The Hall–Kier alpha value is -1.43. The summed E-state index contributed by atoms with van der Waals surface area (Å²) in [6.45, 7) is 4.20. The molecular formula is C50H95NO4. The molecule has 0 heterocycles. The average Bonchev–Trinajstić information content (AvgIpc) is 3.18. The molecule has 0 rings (SSSR count). The van der Waals surface area contributed by atoms with E-state index in [2.05, 4.69) is 43.5 Å². The largest absolute Gasteiger partial charge is 0.394 e. The molecule has 3 atom stereocenters. The lowest BCUT2D eigenvalue weighted by Gasteiger charge is -2.21. The molecule has 0 fully saturated rings. The van der Waals surface area contributed by atoms with Crippen LogP contribution in [0.5, 0.6) is 0 Å². The van der Waals surface area contributed by atoms with Crippen LogP contribution in [0.1, 0.15) is 251 Å². The van der Waals surface area contributed by atoms with Crippen LogP contribution in [0, 0.1) is 0 Å². The monoisotopic (exact) mass is 774 g/mol. The summed E-state index contributed by atoms with van der Waals surface area (Å²) >= 11 is 0. The lowest BCUT2D eigenvalue weighted by Crippen LogP contribution is -2.45. The number of amides is 1. The summed E-state index contributed by atoms with van der Waals surface area (Å²) in [6.07, 6.45) is 57.3. The predicted octanol–water partition coefficient (Wildman–Crippen LogP) is 14.3. The van der Waals surface area contributed by atoms with E-state index >= 15 is 0 Å². The first-order chi connectivity index (χ1) is 27.0. The van der Waals surface area contributed by atoms with Crippen LogP contribution < -0.4 is 5.32 Å². The molecule has 5 nitrogen and oxygen atoms in total. The lowest BCUT2D eigenvalue weighted by atomic mass is 10.0. The minimum Gasteiger partial charge on any atom is -0.394 e. The van der Waals surface area contributed by atoms with Crippen molar-refractivity contribution in [1.82, 2.24) is 5.32 Å². The lowest BCUT2D eigenvalue weighted by molar-refractivity contribution is -0.124. The standard InChI is InChI=1S/C50H95NO4/c1-3-5-7-9-11-13-15-17-19-20-21-22-23-24-25-26-27-28-30-32-34-36-38-40-42-44-49(54)48(46-52)51-50(55)45-47(53)43-41-39-37-35-33-31-29-18-16-14-12-10-8-6-4-2/h12,14,18,29,42,44,47-49,52-54H,3-11,13,15-17,19-28,30-41,43,45-46H2,1-2H3,(H,51,55)/b14-12-,29-18-,44-42+. The Bertz CT molecular complexity index is 855. The minimum atomic E-state index is -0.933. The van der Waals surface area contributed by atoms with Crippen molar-refractivity contribution in [3.63, 3.8) is 0 Å². The number of unbranched alkanes of at least 4 members (excludes halogenated alkanes) is 31. The molecule has 0 spiro atoms. The molecule has 0 aliphatic heterocycles. The van der Waals surface area contributed by atoms with Gasteiger partial charge in [0.25, 0.3) is 0 Å². The van der Waals surface area contributed by atoms with Crippen LogP contribution in [-0.4, -0.2) is 46.1 Å². The number of carbonyl (C=O) groups is 1. The molecule has 0 bridgehead atoms. The fraction of sp³-hybridized carbons (Fsp3) is 0.860. The van der Waals surface area contributed by atoms with E-state index in [1.807, 2.05) is 6.08 Å². The van der Waals surface area contributed by atoms with Crippen molar-refractivity contribution in [3.8, 4) is 0 Å². The van der Waals surface area contributed by atoms with E-state index in [9.17, 15) is 20.1 Å². The van der Waals surface area contributed by atoms with Gasteiger partial charge < -0.3 is 20.6 Å². The van der Waals surface area contributed by atoms with E-state index in [-0.39, 0.29) is 18.9 Å². The van der Waals surface area contributed by atoms with Gasteiger partial charge in [0.1, 0.15) is 0 Å². The Balaban J connectivity index is 3.62. The van der Waals surface area contributed by atoms with Crippen LogP contribution in [0.3, 0.4) is 0 Å². The summed E-state index contributed by atoms with van der Waals surface area (Å²) in [4.78, 5) is 12.4. The van der Waals surface area contributed by atoms with Crippen molar-refractivity contribution in [2.24, 2.45) is 0 Å². The third-order valence-electron chi connectivity index (χ3n) is 11.2. The van der Waals surface area contributed by atoms with Crippen LogP contribution >= 0.6 is 0 Å². The molecule has 0 saturated carbocycles. The van der Waals surface area contributed by atoms with E-state index in [1.165, 1.54) is 180 Å². The number of carbonyl (C=O) groups excluding carboxylic acids is 1. The van der Waals surface area contributed by atoms with E-state index in [0.29, 0.717) is 6.42 Å². The number of allylic oxidation sites excluding steroid dienone is 5. The molecule has 0 aromatic rings. The average molecular weight is 774 g/mol. The molecule has 0 aliphatic rings. The Labute approximate surface area is 343 Å². The van der Waals surface area contributed by atoms with Gasteiger partial charge >= 0.3 is 0 Å². The van der Waals surface area contributed by atoms with Gasteiger partial charge in [-0.25, -0.2) is 0 Å². The molecule has 5 heteroatoms. The highest BCUT2D eigenvalue weighted by Crippen LogP contribution is 2.16. The molecule has 4 N–H and O–H groups in total. The van der Waals surface area contributed by atoms with Crippen molar-refractivity contribution in [1.29, 1.82) is 0 Å². The summed E-state index contributed by atoms with van der Waals surface area (Å²) in [5, 5.41) is 33.3. The Morgan fingerprint density at radius 3 is 1.24 bits per heavy atom. The fourth-order valence-electron chi connectivity index (χ4n) is 7.43. The highest BCUT2D eigenvalue weighted by Gasteiger charge is 2.20. The zero-order valence-electron chi connectivity index (χ0n) is 36.8. The zero-order valence-corrected chi connectivity index (χ0v) is 36.8. The molecule has 0 saturated heterocycles. The van der Waals surface area contributed by atoms with E-state index < -0.39 is 18.2 Å². The molecule has 0 aromatic carbocycles. The maximum atomic E-state index is 12.4. The van der Waals surface area contributed by atoms with Gasteiger partial charge in [0.2, 0.25) is 5.91 Å². The molecule has 0 aromatic heterocycles. The van der Waals surface area contributed by atoms with Gasteiger partial charge in [-0.3, -0.25) is 4.79 Å². The van der Waals surface area contributed by atoms with Crippen molar-refractivity contribution in [2.75, 3.05) is 6.61 Å². The predicted molar refractivity (Wildman–Crippen MR) is 241 cm³/mol. The SMILES string of the molecule is CCCCC/C=C\C/C=C\CCCCCCCC(O)CC(=O)NC(CO)C(O)/C=C/CCCCCCCCCCCCCCCCCCCCCCCCC. The van der Waals surface area contributed by atoms with Gasteiger partial charge in [-0.05, 0) is 51.4 Å². The second kappa shape index (κ2) is 45.3. The minimum absolute atomic E-state index is 0.00425. The summed E-state index contributed by atoms with van der Waals surface area (Å²) < 4.78 is 0. The Morgan fingerprint density at radius 2 is 0.818 bits per heavy atom. The van der Waals surface area contributed by atoms with Gasteiger partial charge in [-0.1, -0.05) is 230 Å². The molecule has 0 aliphatic carbocycles. The molecule has 0 radical (unpaired) electrons. The van der Waals surface area contributed by atoms with E-state index in [4.69, 9.17) is 0 Å². The maximum Gasteiger partial charge on any atom is 0.222 e. The Morgan fingerprint density at radius 1 is 0.473 bits per heavy atom. The van der Waals surface area contributed by atoms with Crippen LogP contribution in [-0.2, 0) is 4.79 Å². The van der Waals surface area contributed by atoms with E-state index in [1.54, 1.807) is 6.08 Å². The molecule has 3 unspecified atom stereocenters. The number of hydrogen-bond donors (Lipinski definition) is 4. The highest BCUT2D eigenvalue weighted by atomic mass is 16.3. The first kappa shape index (κ1) is 53.6. The van der Waals surface area contributed by atoms with Crippen LogP contribution in [0.4, 0.5) is 0 Å². The van der Waals surface area contributed by atoms with Gasteiger partial charge in [0.15, 0.2) is 0 Å². The van der Waals surface area contributed by atoms with Gasteiger partial charge in [-0.15, -0.1) is 0 Å². The molecule has 1 amide bonds. The second-order valence-electron chi connectivity index (χ2n) is 16.7. The first-order valence-corrected chi connectivity index (χ1v) is 24.3. The van der Waals surface area contributed by atoms with E-state index in [0.717, 1.165) is 44.9 Å². The number of hydrogen-bond acceptors (Lipinski definition) is 4. The topological polar surface area (TPSA) is 89.8 Å². The summed E-state index contributed by atoms with van der Waals surface area (Å²) in [6, 6.07) is -0.749. The smallest absolute Gasteiger partial charge is 0.222 e. The quantitative estimate of drug-likeness (QED) is 0.0367. The number of nitrogens with one attached hydrogen (secondary N) is 1. The van der Waals surface area contributed by atoms with Gasteiger partial charge in [0.05, 0.1) is 31.3 Å². The molecular weight excluding hydrogens is 679 g/mol. The number of rotatable bonds is 44. The second-order valence-corrected chi connectivity index (χ2v) is 16.7. The van der Waals surface area contributed by atoms with Crippen LogP contribution in [0.2, 0.25) is 0 Å².